The van der Waals surface area contributed by atoms with Crippen LogP contribution in [0.1, 0.15) is 5.76 Å². The highest BCUT2D eigenvalue weighted by molar-refractivity contribution is 7.99. The fraction of sp³-hybridized carbons (Fsp3) is 0.190. The zero-order valence-corrected chi connectivity index (χ0v) is 18.8. The normalized spacial score (nSPS) is 11.0. The fourth-order valence-corrected chi connectivity index (χ4v) is 4.57. The van der Waals surface area contributed by atoms with Crippen molar-refractivity contribution < 1.29 is 9.21 Å². The summed E-state index contributed by atoms with van der Waals surface area (Å²) in [6.45, 7) is 0.395. The van der Waals surface area contributed by atoms with Crippen LogP contribution in [-0.4, -0.2) is 38.4 Å². The number of amides is 1. The second-order valence-electron chi connectivity index (χ2n) is 6.65. The van der Waals surface area contributed by atoms with Crippen LogP contribution in [0.3, 0.4) is 0 Å². The van der Waals surface area contributed by atoms with E-state index in [0.717, 1.165) is 27.8 Å². The summed E-state index contributed by atoms with van der Waals surface area (Å²) in [5.41, 5.74) is 0.944. The van der Waals surface area contributed by atoms with Crippen molar-refractivity contribution in [1.29, 1.82) is 0 Å². The number of furan rings is 1. The molecule has 30 heavy (non-hydrogen) atoms. The highest BCUT2D eigenvalue weighted by Crippen LogP contribution is 2.27. The molecule has 0 fully saturated rings. The monoisotopic (exact) mass is 458 g/mol. The first-order valence-electron chi connectivity index (χ1n) is 9.16. The molecule has 154 valence electrons. The molecule has 0 aliphatic carbocycles. The van der Waals surface area contributed by atoms with Crippen molar-refractivity contribution in [3.63, 3.8) is 0 Å². The number of carbonyl (C=O) groups is 1. The number of aromatic nitrogens is 3. The molecule has 3 heterocycles. The number of benzene rings is 1. The zero-order valence-electron chi connectivity index (χ0n) is 16.4. The first-order chi connectivity index (χ1) is 14.5. The second-order valence-corrected chi connectivity index (χ2v) is 8.98. The lowest BCUT2D eigenvalue weighted by molar-refractivity contribution is -0.127. The van der Waals surface area contributed by atoms with E-state index in [-0.39, 0.29) is 11.7 Å². The van der Waals surface area contributed by atoms with Crippen molar-refractivity contribution in [2.75, 3.05) is 12.8 Å². The van der Waals surface area contributed by atoms with E-state index in [0.29, 0.717) is 16.7 Å². The molecule has 0 saturated heterocycles. The second kappa shape index (κ2) is 9.07. The Labute approximate surface area is 187 Å². The topological polar surface area (TPSA) is 64.2 Å². The van der Waals surface area contributed by atoms with Gasteiger partial charge in [0.2, 0.25) is 5.91 Å². The predicted molar refractivity (Wildman–Crippen MR) is 121 cm³/mol. The highest BCUT2D eigenvalue weighted by Gasteiger charge is 2.16. The quantitative estimate of drug-likeness (QED) is 0.356. The van der Waals surface area contributed by atoms with Crippen LogP contribution in [-0.2, 0) is 18.4 Å². The highest BCUT2D eigenvalue weighted by atomic mass is 35.5. The van der Waals surface area contributed by atoms with Gasteiger partial charge in [-0.2, -0.15) is 0 Å². The summed E-state index contributed by atoms with van der Waals surface area (Å²) in [7, 11) is 3.67. The molecule has 0 atom stereocenters. The maximum atomic E-state index is 12.6. The summed E-state index contributed by atoms with van der Waals surface area (Å²) >= 11 is 8.92. The van der Waals surface area contributed by atoms with Gasteiger partial charge in [0, 0.05) is 24.7 Å². The van der Waals surface area contributed by atoms with Gasteiger partial charge < -0.3 is 13.9 Å². The molecule has 0 spiro atoms. The minimum atomic E-state index is -0.00915. The maximum absolute atomic E-state index is 12.6. The van der Waals surface area contributed by atoms with Crippen molar-refractivity contribution in [3.05, 3.63) is 64.7 Å². The molecule has 1 amide bonds. The van der Waals surface area contributed by atoms with Crippen LogP contribution < -0.4 is 0 Å². The lowest BCUT2D eigenvalue weighted by Gasteiger charge is -2.15. The van der Waals surface area contributed by atoms with E-state index in [1.165, 1.54) is 11.8 Å². The number of hydrogen-bond acceptors (Lipinski definition) is 6. The summed E-state index contributed by atoms with van der Waals surface area (Å²) in [5, 5.41) is 11.8. The Kier molecular flexibility index (Phi) is 6.26. The molecule has 0 unspecified atom stereocenters. The van der Waals surface area contributed by atoms with Crippen LogP contribution in [0.2, 0.25) is 5.02 Å². The molecule has 0 saturated carbocycles. The summed E-state index contributed by atoms with van der Waals surface area (Å²) in [5.74, 6) is 2.54. The fourth-order valence-electron chi connectivity index (χ4n) is 2.85. The summed E-state index contributed by atoms with van der Waals surface area (Å²) in [6.07, 6.45) is 0. The Morgan fingerprint density at radius 3 is 2.73 bits per heavy atom. The standard InChI is InChI=1S/C21H19ClN4O2S2/c1-25(12-16-9-10-17(28-16)14-5-7-15(22)8-6-14)19(27)13-30-21-24-23-20(26(21)2)18-4-3-11-29-18/h3-11H,12-13H2,1-2H3. The Bertz CT molecular complexity index is 1140. The average molecular weight is 459 g/mol. The SMILES string of the molecule is CN(Cc1ccc(-c2ccc(Cl)cc2)o1)C(=O)CSc1nnc(-c2cccs2)n1C. The van der Waals surface area contributed by atoms with Crippen molar-refractivity contribution in [2.45, 2.75) is 11.7 Å². The van der Waals surface area contributed by atoms with Crippen molar-refractivity contribution in [3.8, 4) is 22.0 Å². The Hall–Kier alpha value is -2.55. The molecule has 4 aromatic rings. The number of carbonyl (C=O) groups excluding carboxylic acids is 1. The van der Waals surface area contributed by atoms with E-state index in [9.17, 15) is 4.79 Å². The summed E-state index contributed by atoms with van der Waals surface area (Å²) in [6, 6.07) is 15.2. The third-order valence-electron chi connectivity index (χ3n) is 4.51. The van der Waals surface area contributed by atoms with Gasteiger partial charge in [-0.1, -0.05) is 29.4 Å². The minimum Gasteiger partial charge on any atom is -0.459 e. The van der Waals surface area contributed by atoms with E-state index in [1.807, 2.05) is 65.5 Å². The van der Waals surface area contributed by atoms with Gasteiger partial charge in [-0.15, -0.1) is 21.5 Å². The molecule has 0 aliphatic heterocycles. The Morgan fingerprint density at radius 2 is 2.00 bits per heavy atom. The number of nitrogens with zero attached hydrogens (tertiary/aromatic N) is 4. The first-order valence-corrected chi connectivity index (χ1v) is 11.4. The Balaban J connectivity index is 1.34. The third kappa shape index (κ3) is 4.61. The van der Waals surface area contributed by atoms with Crippen LogP contribution in [0, 0.1) is 0 Å². The molecule has 0 radical (unpaired) electrons. The molecular formula is C21H19ClN4O2S2. The lowest BCUT2D eigenvalue weighted by Crippen LogP contribution is -2.27. The van der Waals surface area contributed by atoms with E-state index in [4.69, 9.17) is 16.0 Å². The molecular weight excluding hydrogens is 440 g/mol. The van der Waals surface area contributed by atoms with Gasteiger partial charge in [-0.25, -0.2) is 0 Å². The predicted octanol–water partition coefficient (Wildman–Crippen LogP) is 5.21. The Morgan fingerprint density at radius 1 is 1.20 bits per heavy atom. The van der Waals surface area contributed by atoms with Crippen molar-refractivity contribution in [1.82, 2.24) is 19.7 Å². The van der Waals surface area contributed by atoms with E-state index >= 15 is 0 Å². The van der Waals surface area contributed by atoms with Crippen LogP contribution in [0.5, 0.6) is 0 Å². The van der Waals surface area contributed by atoms with Gasteiger partial charge >= 0.3 is 0 Å². The number of thioether (sulfide) groups is 1. The van der Waals surface area contributed by atoms with Gasteiger partial charge in [0.15, 0.2) is 11.0 Å². The van der Waals surface area contributed by atoms with Gasteiger partial charge in [0.05, 0.1) is 17.2 Å². The van der Waals surface area contributed by atoms with E-state index in [2.05, 4.69) is 10.2 Å². The molecule has 0 N–H and O–H groups in total. The molecule has 9 heteroatoms. The third-order valence-corrected chi connectivity index (χ3v) is 6.63. The van der Waals surface area contributed by atoms with Crippen molar-refractivity contribution >= 4 is 40.6 Å². The lowest BCUT2D eigenvalue weighted by atomic mass is 10.2. The van der Waals surface area contributed by atoms with Crippen LogP contribution in [0.15, 0.2) is 63.5 Å². The zero-order chi connectivity index (χ0) is 21.1. The van der Waals surface area contributed by atoms with Crippen molar-refractivity contribution in [2.24, 2.45) is 7.05 Å². The minimum absolute atomic E-state index is 0.00915. The molecule has 6 nitrogen and oxygen atoms in total. The number of hydrogen-bond donors (Lipinski definition) is 0. The molecule has 4 rings (SSSR count). The van der Waals surface area contributed by atoms with E-state index < -0.39 is 0 Å². The number of thiophene rings is 1. The molecule has 0 aliphatic rings. The van der Waals surface area contributed by atoms with E-state index in [1.54, 1.807) is 23.3 Å². The largest absolute Gasteiger partial charge is 0.459 e. The molecule has 1 aromatic carbocycles. The van der Waals surface area contributed by atoms with Gasteiger partial charge in [0.1, 0.15) is 11.5 Å². The number of halogens is 1. The van der Waals surface area contributed by atoms with Crippen LogP contribution >= 0.6 is 34.7 Å². The van der Waals surface area contributed by atoms with Gasteiger partial charge in [0.25, 0.3) is 0 Å². The first kappa shape index (κ1) is 20.7. The maximum Gasteiger partial charge on any atom is 0.233 e. The number of rotatable bonds is 7. The summed E-state index contributed by atoms with van der Waals surface area (Å²) in [4.78, 5) is 15.3. The summed E-state index contributed by atoms with van der Waals surface area (Å²) < 4.78 is 7.80. The molecule has 0 bridgehead atoms. The average Bonchev–Trinajstić information content (AvgIpc) is 3.48. The smallest absolute Gasteiger partial charge is 0.233 e. The molecule has 3 aromatic heterocycles. The van der Waals surface area contributed by atoms with Gasteiger partial charge in [-0.3, -0.25) is 4.79 Å². The van der Waals surface area contributed by atoms with Crippen LogP contribution in [0.25, 0.3) is 22.0 Å². The van der Waals surface area contributed by atoms with Crippen LogP contribution in [0.4, 0.5) is 0 Å². The van der Waals surface area contributed by atoms with Gasteiger partial charge in [-0.05, 0) is 47.8 Å².